The van der Waals surface area contributed by atoms with E-state index in [0.29, 0.717) is 12.3 Å². The fourth-order valence-electron chi connectivity index (χ4n) is 3.76. The maximum absolute atomic E-state index is 12.5. The fraction of sp³-hybridized carbons (Fsp3) is 0.579. The maximum atomic E-state index is 12.5. The Morgan fingerprint density at radius 2 is 1.96 bits per heavy atom. The van der Waals surface area contributed by atoms with E-state index in [1.54, 1.807) is 0 Å². The zero-order chi connectivity index (χ0) is 16.8. The second kappa shape index (κ2) is 8.29. The van der Waals surface area contributed by atoms with Gasteiger partial charge in [-0.2, -0.15) is 5.06 Å². The lowest BCUT2D eigenvalue weighted by atomic mass is 9.82. The van der Waals surface area contributed by atoms with Crippen LogP contribution in [0, 0.1) is 5.92 Å². The Morgan fingerprint density at radius 1 is 1.21 bits per heavy atom. The van der Waals surface area contributed by atoms with Crippen LogP contribution in [0.3, 0.4) is 0 Å². The summed E-state index contributed by atoms with van der Waals surface area (Å²) >= 11 is 0. The van der Waals surface area contributed by atoms with E-state index in [-0.39, 0.29) is 18.8 Å². The molecule has 1 aromatic carbocycles. The van der Waals surface area contributed by atoms with E-state index < -0.39 is 6.09 Å². The molecule has 1 saturated heterocycles. The van der Waals surface area contributed by atoms with Crippen LogP contribution in [-0.4, -0.2) is 29.6 Å². The lowest BCUT2D eigenvalue weighted by Gasteiger charge is -2.31. The quantitative estimate of drug-likeness (QED) is 0.769. The molecule has 1 aromatic rings. The predicted octanol–water partition coefficient (Wildman–Crippen LogP) is 3.87. The Bertz CT molecular complexity index is 542. The number of rotatable bonds is 5. The van der Waals surface area contributed by atoms with Gasteiger partial charge in [0.25, 0.3) is 0 Å². The number of aldehydes is 1. The van der Waals surface area contributed by atoms with Gasteiger partial charge in [-0.3, -0.25) is 4.84 Å². The van der Waals surface area contributed by atoms with Crippen LogP contribution >= 0.6 is 0 Å². The minimum Gasteiger partial charge on any atom is -0.443 e. The van der Waals surface area contributed by atoms with E-state index in [1.165, 1.54) is 24.3 Å². The van der Waals surface area contributed by atoms with Crippen LogP contribution in [-0.2, 0) is 21.0 Å². The van der Waals surface area contributed by atoms with E-state index in [9.17, 15) is 9.59 Å². The number of nitrogens with zero attached hydrogens (tertiary/aromatic N) is 1. The lowest BCUT2D eigenvalue weighted by Crippen LogP contribution is -2.40. The third-order valence-electron chi connectivity index (χ3n) is 5.01. The highest BCUT2D eigenvalue weighted by atomic mass is 16.7. The molecule has 1 heterocycles. The van der Waals surface area contributed by atoms with Crippen LogP contribution < -0.4 is 0 Å². The summed E-state index contributed by atoms with van der Waals surface area (Å²) in [5.74, 6) is 0.444. The van der Waals surface area contributed by atoms with E-state index in [2.05, 4.69) is 0 Å². The monoisotopic (exact) mass is 331 g/mol. The molecule has 1 aliphatic heterocycles. The third-order valence-corrected chi connectivity index (χ3v) is 5.01. The summed E-state index contributed by atoms with van der Waals surface area (Å²) in [4.78, 5) is 29.1. The highest BCUT2D eigenvalue weighted by molar-refractivity contribution is 5.67. The number of hydrogen-bond donors (Lipinski definition) is 0. The van der Waals surface area contributed by atoms with Crippen LogP contribution in [0.4, 0.5) is 4.79 Å². The van der Waals surface area contributed by atoms with Crippen molar-refractivity contribution in [2.75, 3.05) is 0 Å². The van der Waals surface area contributed by atoms with Gasteiger partial charge in [-0.25, -0.2) is 4.79 Å². The molecule has 0 N–H and O–H groups in total. The fourth-order valence-corrected chi connectivity index (χ4v) is 3.76. The average molecular weight is 331 g/mol. The standard InChI is InChI=1S/C19H25NO4/c21-12-11-17-13-18(16-9-5-2-6-10-16)20(24-17)19(22)23-14-15-7-3-1-4-8-15/h1,3-4,7-8,12,16-18H,2,5-6,9-11,13-14H2/t17?,18-/m1/s1. The van der Waals surface area contributed by atoms with Gasteiger partial charge in [0.2, 0.25) is 0 Å². The zero-order valence-corrected chi connectivity index (χ0v) is 13.9. The second-order valence-corrected chi connectivity index (χ2v) is 6.70. The highest BCUT2D eigenvalue weighted by Gasteiger charge is 2.42. The Labute approximate surface area is 142 Å². The predicted molar refractivity (Wildman–Crippen MR) is 89.0 cm³/mol. The number of amides is 1. The molecule has 1 aliphatic carbocycles. The maximum Gasteiger partial charge on any atom is 0.434 e. The number of carbonyl (C=O) groups is 2. The molecule has 0 aromatic heterocycles. The molecule has 1 unspecified atom stereocenters. The van der Waals surface area contributed by atoms with Crippen molar-refractivity contribution in [2.24, 2.45) is 5.92 Å². The third kappa shape index (κ3) is 4.15. The molecular weight excluding hydrogens is 306 g/mol. The summed E-state index contributed by atoms with van der Waals surface area (Å²) in [7, 11) is 0. The van der Waals surface area contributed by atoms with Crippen LogP contribution in [0.1, 0.15) is 50.5 Å². The van der Waals surface area contributed by atoms with Crippen molar-refractivity contribution in [1.82, 2.24) is 5.06 Å². The summed E-state index contributed by atoms with van der Waals surface area (Å²) in [6.07, 6.45) is 7.16. The van der Waals surface area contributed by atoms with Crippen LogP contribution in [0.25, 0.3) is 0 Å². The summed E-state index contributed by atoms with van der Waals surface area (Å²) < 4.78 is 5.43. The van der Waals surface area contributed by atoms with Gasteiger partial charge in [-0.1, -0.05) is 49.6 Å². The van der Waals surface area contributed by atoms with Crippen LogP contribution in [0.2, 0.25) is 0 Å². The molecule has 5 heteroatoms. The highest BCUT2D eigenvalue weighted by Crippen LogP contribution is 2.36. The summed E-state index contributed by atoms with van der Waals surface area (Å²) in [6, 6.07) is 9.63. The van der Waals surface area contributed by atoms with Crippen molar-refractivity contribution in [1.29, 1.82) is 0 Å². The molecule has 1 amide bonds. The first kappa shape index (κ1) is 17.0. The zero-order valence-electron chi connectivity index (χ0n) is 13.9. The van der Waals surface area contributed by atoms with E-state index in [4.69, 9.17) is 9.57 Å². The van der Waals surface area contributed by atoms with E-state index in [1.807, 2.05) is 30.3 Å². The Balaban J connectivity index is 1.62. The molecular formula is C19H25NO4. The molecule has 0 bridgehead atoms. The van der Waals surface area contributed by atoms with Crippen molar-refractivity contribution in [2.45, 2.75) is 63.7 Å². The van der Waals surface area contributed by atoms with Gasteiger partial charge in [0.05, 0.1) is 12.1 Å². The van der Waals surface area contributed by atoms with Crippen molar-refractivity contribution in [3.63, 3.8) is 0 Å². The largest absolute Gasteiger partial charge is 0.443 e. The number of hydrogen-bond acceptors (Lipinski definition) is 4. The molecule has 2 atom stereocenters. The second-order valence-electron chi connectivity index (χ2n) is 6.70. The molecule has 24 heavy (non-hydrogen) atoms. The Hall–Kier alpha value is -1.88. The average Bonchev–Trinajstić information content (AvgIpc) is 3.06. The van der Waals surface area contributed by atoms with Gasteiger partial charge in [-0.15, -0.1) is 0 Å². The van der Waals surface area contributed by atoms with Gasteiger partial charge in [-0.05, 0) is 30.7 Å². The van der Waals surface area contributed by atoms with E-state index in [0.717, 1.165) is 31.1 Å². The summed E-state index contributed by atoms with van der Waals surface area (Å²) in [5, 5.41) is 1.41. The minimum absolute atomic E-state index is 0.0264. The smallest absolute Gasteiger partial charge is 0.434 e. The van der Waals surface area contributed by atoms with Gasteiger partial charge in [0, 0.05) is 6.42 Å². The van der Waals surface area contributed by atoms with Crippen molar-refractivity contribution >= 4 is 12.4 Å². The topological polar surface area (TPSA) is 55.8 Å². The number of ether oxygens (including phenoxy) is 1. The van der Waals surface area contributed by atoms with Gasteiger partial charge in [0.1, 0.15) is 12.9 Å². The first-order valence-electron chi connectivity index (χ1n) is 8.88. The number of carbonyl (C=O) groups excluding carboxylic acids is 2. The van der Waals surface area contributed by atoms with Crippen molar-refractivity contribution in [3.8, 4) is 0 Å². The van der Waals surface area contributed by atoms with Gasteiger partial charge < -0.3 is 9.53 Å². The summed E-state index contributed by atoms with van der Waals surface area (Å²) in [6.45, 7) is 0.231. The molecule has 130 valence electrons. The molecule has 3 rings (SSSR count). The SMILES string of the molecule is O=CCC1C[C@H](C2CCCCC2)N(C(=O)OCc2ccccc2)O1. The normalized spacial score (nSPS) is 24.8. The molecule has 5 nitrogen and oxygen atoms in total. The molecule has 0 radical (unpaired) electrons. The minimum atomic E-state index is -0.442. The Kier molecular flexibility index (Phi) is 5.86. The van der Waals surface area contributed by atoms with Crippen LogP contribution in [0.5, 0.6) is 0 Å². The van der Waals surface area contributed by atoms with Crippen LogP contribution in [0.15, 0.2) is 30.3 Å². The lowest BCUT2D eigenvalue weighted by molar-refractivity contribution is -0.151. The molecule has 0 spiro atoms. The van der Waals surface area contributed by atoms with Gasteiger partial charge >= 0.3 is 6.09 Å². The molecule has 2 fully saturated rings. The summed E-state index contributed by atoms with van der Waals surface area (Å²) in [5.41, 5.74) is 0.948. The molecule has 1 saturated carbocycles. The van der Waals surface area contributed by atoms with Crippen molar-refractivity contribution < 1.29 is 19.2 Å². The molecule has 2 aliphatic rings. The number of hydroxylamine groups is 2. The number of benzene rings is 1. The van der Waals surface area contributed by atoms with Gasteiger partial charge in [0.15, 0.2) is 0 Å². The first-order valence-corrected chi connectivity index (χ1v) is 8.88. The van der Waals surface area contributed by atoms with Crippen molar-refractivity contribution in [3.05, 3.63) is 35.9 Å². The Morgan fingerprint density at radius 3 is 2.67 bits per heavy atom. The first-order chi connectivity index (χ1) is 11.8. The van der Waals surface area contributed by atoms with E-state index >= 15 is 0 Å².